The first-order chi connectivity index (χ1) is 19.1. The summed E-state index contributed by atoms with van der Waals surface area (Å²) in [7, 11) is 0. The number of aryl methyl sites for hydroxylation is 1. The van der Waals surface area contributed by atoms with Crippen LogP contribution in [0.2, 0.25) is 5.02 Å². The standard InChI is InChI=1S/C32H44ClN3O2S.BrH/c1-3-4-5-6-7-8-9-10-11-12-13-16-22-38-31-28(33)19-17-21-30(31)35-32(37)34-29-20-15-14-18-27(29)23-36-25-39-24-26(36)2;/h14-15,17-21,24-25H,3-13,16,22-23H2,1-2H3,(H-,34,35,37);1H. The van der Waals surface area contributed by atoms with E-state index >= 15 is 0 Å². The average molecular weight is 651 g/mol. The monoisotopic (exact) mass is 649 g/mol. The summed E-state index contributed by atoms with van der Waals surface area (Å²) >= 11 is 8.11. The van der Waals surface area contributed by atoms with E-state index in [4.69, 9.17) is 16.3 Å². The van der Waals surface area contributed by atoms with Crippen molar-refractivity contribution in [1.29, 1.82) is 0 Å². The van der Waals surface area contributed by atoms with E-state index in [9.17, 15) is 4.79 Å². The molecule has 1 heterocycles. The number of para-hydroxylation sites is 2. The molecule has 1 aromatic heterocycles. The van der Waals surface area contributed by atoms with Crippen molar-refractivity contribution in [2.75, 3.05) is 17.2 Å². The molecule has 220 valence electrons. The Labute approximate surface area is 260 Å². The van der Waals surface area contributed by atoms with Crippen molar-refractivity contribution in [3.63, 3.8) is 0 Å². The van der Waals surface area contributed by atoms with Crippen LogP contribution in [0.1, 0.15) is 95.2 Å². The van der Waals surface area contributed by atoms with Crippen LogP contribution in [-0.2, 0) is 6.54 Å². The summed E-state index contributed by atoms with van der Waals surface area (Å²) in [5.74, 6) is 0.523. The molecule has 0 aliphatic carbocycles. The Morgan fingerprint density at radius 2 is 1.45 bits per heavy atom. The maximum Gasteiger partial charge on any atom is 0.323 e. The third-order valence-corrected chi connectivity index (χ3v) is 8.10. The van der Waals surface area contributed by atoms with Gasteiger partial charge in [-0.1, -0.05) is 125 Å². The van der Waals surface area contributed by atoms with Gasteiger partial charge < -0.3 is 32.4 Å². The predicted molar refractivity (Wildman–Crippen MR) is 165 cm³/mol. The first-order valence-electron chi connectivity index (χ1n) is 14.6. The number of rotatable bonds is 18. The molecular formula is C32H45BrClN3O2S. The highest BCUT2D eigenvalue weighted by Gasteiger charge is 2.15. The minimum Gasteiger partial charge on any atom is -1.00 e. The number of carbonyl (C=O) groups excluding carboxylic acids is 1. The lowest BCUT2D eigenvalue weighted by Crippen LogP contribution is -3.00. The summed E-state index contributed by atoms with van der Waals surface area (Å²) in [5, 5.41) is 8.53. The van der Waals surface area contributed by atoms with Gasteiger partial charge in [-0.2, -0.15) is 4.57 Å². The fourth-order valence-corrected chi connectivity index (χ4v) is 5.64. The van der Waals surface area contributed by atoms with Crippen molar-refractivity contribution in [2.45, 2.75) is 97.4 Å². The van der Waals surface area contributed by atoms with E-state index < -0.39 is 0 Å². The Balaban J connectivity index is 0.00000560. The highest BCUT2D eigenvalue weighted by atomic mass is 79.9. The number of urea groups is 1. The Morgan fingerprint density at radius 1 is 0.850 bits per heavy atom. The number of halogens is 2. The van der Waals surface area contributed by atoms with Crippen LogP contribution in [0.4, 0.5) is 16.2 Å². The predicted octanol–water partition coefficient (Wildman–Crippen LogP) is 6.77. The fourth-order valence-electron chi connectivity index (χ4n) is 4.63. The summed E-state index contributed by atoms with van der Waals surface area (Å²) < 4.78 is 8.21. The molecule has 2 aromatic carbocycles. The molecule has 0 unspecified atom stereocenters. The number of carbonyl (C=O) groups is 1. The van der Waals surface area contributed by atoms with Crippen LogP contribution in [0.25, 0.3) is 0 Å². The molecule has 2 amide bonds. The van der Waals surface area contributed by atoms with E-state index in [2.05, 4.69) is 39.9 Å². The smallest absolute Gasteiger partial charge is 0.323 e. The van der Waals surface area contributed by atoms with Crippen molar-refractivity contribution < 1.29 is 31.1 Å². The minimum absolute atomic E-state index is 0. The summed E-state index contributed by atoms with van der Waals surface area (Å²) in [6.45, 7) is 5.62. The molecule has 0 aliphatic rings. The number of hydrogen-bond donors (Lipinski definition) is 2. The number of nitrogens with one attached hydrogen (secondary N) is 2. The summed E-state index contributed by atoms with van der Waals surface area (Å²) in [6, 6.07) is 13.0. The number of aromatic nitrogens is 1. The van der Waals surface area contributed by atoms with Crippen LogP contribution >= 0.6 is 22.9 Å². The second-order valence-corrected chi connectivity index (χ2v) is 11.3. The van der Waals surface area contributed by atoms with E-state index in [-0.39, 0.29) is 23.0 Å². The minimum atomic E-state index is -0.327. The van der Waals surface area contributed by atoms with Gasteiger partial charge in [-0.05, 0) is 24.6 Å². The maximum atomic E-state index is 12.9. The number of hydrogen-bond acceptors (Lipinski definition) is 3. The summed E-state index contributed by atoms with van der Waals surface area (Å²) in [5.41, 5.74) is 5.65. The zero-order chi connectivity index (χ0) is 27.7. The largest absolute Gasteiger partial charge is 1.00 e. The molecule has 0 radical (unpaired) electrons. The SMILES string of the molecule is CCCCCCCCCCCCCCOc1c(Cl)cccc1NC(=O)Nc1ccccc1C[n+]1cscc1C.[Br-]. The third-order valence-electron chi connectivity index (χ3n) is 6.95. The van der Waals surface area contributed by atoms with Crippen molar-refractivity contribution in [1.82, 2.24) is 0 Å². The van der Waals surface area contributed by atoms with Gasteiger partial charge in [0, 0.05) is 12.5 Å². The number of ether oxygens (including phenoxy) is 1. The molecule has 2 N–H and O–H groups in total. The van der Waals surface area contributed by atoms with Crippen molar-refractivity contribution in [2.24, 2.45) is 0 Å². The molecule has 0 bridgehead atoms. The van der Waals surface area contributed by atoms with Crippen LogP contribution in [0.5, 0.6) is 5.75 Å². The van der Waals surface area contributed by atoms with E-state index in [1.165, 1.54) is 69.9 Å². The zero-order valence-corrected chi connectivity index (χ0v) is 27.2. The highest BCUT2D eigenvalue weighted by Crippen LogP contribution is 2.33. The normalized spacial score (nSPS) is 10.7. The van der Waals surface area contributed by atoms with Crippen molar-refractivity contribution in [3.8, 4) is 5.75 Å². The first kappa shape index (κ1) is 34.1. The second-order valence-electron chi connectivity index (χ2n) is 10.2. The van der Waals surface area contributed by atoms with E-state index in [1.807, 2.05) is 36.4 Å². The van der Waals surface area contributed by atoms with Crippen LogP contribution in [0, 0.1) is 6.92 Å². The maximum absolute atomic E-state index is 12.9. The Kier molecular flexibility index (Phi) is 17.0. The second kappa shape index (κ2) is 19.9. The third kappa shape index (κ3) is 12.2. The van der Waals surface area contributed by atoms with Crippen LogP contribution < -0.4 is 36.9 Å². The van der Waals surface area contributed by atoms with Crippen LogP contribution in [-0.4, -0.2) is 12.6 Å². The Bertz CT molecular complexity index is 1140. The van der Waals surface area contributed by atoms with Crippen LogP contribution in [0.15, 0.2) is 53.4 Å². The van der Waals surface area contributed by atoms with Crippen molar-refractivity contribution >= 4 is 40.3 Å². The fraction of sp³-hybridized carbons (Fsp3) is 0.500. The lowest BCUT2D eigenvalue weighted by atomic mass is 10.1. The van der Waals surface area contributed by atoms with Gasteiger partial charge in [-0.3, -0.25) is 0 Å². The number of anilines is 2. The van der Waals surface area contributed by atoms with Gasteiger partial charge in [0.1, 0.15) is 0 Å². The summed E-state index contributed by atoms with van der Waals surface area (Å²) in [4.78, 5) is 12.9. The molecule has 8 heteroatoms. The number of thiazole rings is 1. The van der Waals surface area contributed by atoms with Crippen molar-refractivity contribution in [3.05, 3.63) is 69.6 Å². The van der Waals surface area contributed by atoms with E-state index in [0.29, 0.717) is 29.6 Å². The number of nitrogens with zero attached hydrogens (tertiary/aromatic N) is 1. The number of amides is 2. The van der Waals surface area contributed by atoms with Gasteiger partial charge in [0.05, 0.1) is 28.4 Å². The quantitative estimate of drug-likeness (QED) is 0.118. The van der Waals surface area contributed by atoms with Gasteiger partial charge in [0.15, 0.2) is 18.0 Å². The van der Waals surface area contributed by atoms with Gasteiger partial charge in [0.25, 0.3) is 0 Å². The molecule has 5 nitrogen and oxygen atoms in total. The molecule has 0 saturated carbocycles. The average Bonchev–Trinajstić information content (AvgIpc) is 3.33. The van der Waals surface area contributed by atoms with Crippen LogP contribution in [0.3, 0.4) is 0 Å². The molecule has 0 saturated heterocycles. The van der Waals surface area contributed by atoms with Gasteiger partial charge in [-0.15, -0.1) is 0 Å². The molecule has 0 aliphatic heterocycles. The van der Waals surface area contributed by atoms with E-state index in [1.54, 1.807) is 17.4 Å². The topological polar surface area (TPSA) is 54.2 Å². The molecule has 0 spiro atoms. The first-order valence-corrected chi connectivity index (χ1v) is 15.9. The molecular weight excluding hydrogens is 606 g/mol. The highest BCUT2D eigenvalue weighted by molar-refractivity contribution is 7.07. The molecule has 3 aromatic rings. The van der Waals surface area contributed by atoms with E-state index in [0.717, 1.165) is 24.1 Å². The molecule has 3 rings (SSSR count). The van der Waals surface area contributed by atoms with Gasteiger partial charge in [-0.25, -0.2) is 4.79 Å². The lowest BCUT2D eigenvalue weighted by Gasteiger charge is -2.15. The Morgan fingerprint density at radius 3 is 2.10 bits per heavy atom. The van der Waals surface area contributed by atoms with Gasteiger partial charge in [0.2, 0.25) is 5.51 Å². The molecule has 0 fully saturated rings. The lowest BCUT2D eigenvalue weighted by molar-refractivity contribution is -0.689. The van der Waals surface area contributed by atoms with Gasteiger partial charge >= 0.3 is 6.03 Å². The molecule has 0 atom stereocenters. The molecule has 40 heavy (non-hydrogen) atoms. The number of unbranched alkanes of at least 4 members (excludes halogenated alkanes) is 11. The summed E-state index contributed by atoms with van der Waals surface area (Å²) in [6.07, 6.45) is 15.6. The Hall–Kier alpha value is -2.09. The zero-order valence-electron chi connectivity index (χ0n) is 24.0. The number of benzene rings is 2.